The number of fused-ring (bicyclic) bond motifs is 1. The standard InChI is InChI=1S/C29H30N4O2/c1-29(2)15-23-27(25(34)16-29)28(21-10-4-3-5-11-21)33(24-13-7-6-12-22(24)32-23)19-26(35)31-18-20-9-8-14-30-17-20/h3-14,17,28,32H,15-16,18-19H2,1-2H3,(H,31,35). The minimum Gasteiger partial charge on any atom is -0.357 e. The molecule has 0 saturated carbocycles. The van der Waals surface area contributed by atoms with E-state index >= 15 is 0 Å². The third-order valence-corrected chi connectivity index (χ3v) is 6.65. The number of anilines is 2. The molecule has 2 aliphatic rings. The summed E-state index contributed by atoms with van der Waals surface area (Å²) in [5.74, 6) is 0.0170. The highest BCUT2D eigenvalue weighted by atomic mass is 16.2. The van der Waals surface area contributed by atoms with Crippen molar-refractivity contribution in [1.82, 2.24) is 10.3 Å². The second kappa shape index (κ2) is 9.37. The lowest BCUT2D eigenvalue weighted by Gasteiger charge is -2.37. The molecule has 1 unspecified atom stereocenters. The quantitative estimate of drug-likeness (QED) is 0.553. The SMILES string of the molecule is CC1(C)CC(=O)C2=C(C1)Nc1ccccc1N(CC(=O)NCc1cccnc1)C2c1ccccc1. The van der Waals surface area contributed by atoms with Crippen LogP contribution >= 0.6 is 0 Å². The average Bonchev–Trinajstić information content (AvgIpc) is 2.98. The van der Waals surface area contributed by atoms with Crippen LogP contribution in [0.25, 0.3) is 0 Å². The summed E-state index contributed by atoms with van der Waals surface area (Å²) in [6.45, 7) is 4.78. The molecule has 2 aromatic carbocycles. The van der Waals surface area contributed by atoms with Gasteiger partial charge in [0.05, 0.1) is 24.0 Å². The lowest BCUT2D eigenvalue weighted by Crippen LogP contribution is -2.41. The van der Waals surface area contributed by atoms with Crippen molar-refractivity contribution in [2.75, 3.05) is 16.8 Å². The number of carbonyl (C=O) groups is 2. The number of aromatic nitrogens is 1. The summed E-state index contributed by atoms with van der Waals surface area (Å²) in [5, 5.41) is 6.61. The van der Waals surface area contributed by atoms with E-state index in [4.69, 9.17) is 0 Å². The van der Waals surface area contributed by atoms with E-state index in [-0.39, 0.29) is 29.7 Å². The predicted octanol–water partition coefficient (Wildman–Crippen LogP) is 5.01. The number of amides is 1. The first kappa shape index (κ1) is 22.8. The molecule has 35 heavy (non-hydrogen) atoms. The first-order chi connectivity index (χ1) is 16.9. The number of para-hydroxylation sites is 2. The summed E-state index contributed by atoms with van der Waals surface area (Å²) in [5.41, 5.74) is 5.31. The maximum atomic E-state index is 13.6. The number of hydrogen-bond donors (Lipinski definition) is 2. The van der Waals surface area contributed by atoms with Crippen molar-refractivity contribution < 1.29 is 9.59 Å². The molecule has 1 aliphatic carbocycles. The minimum atomic E-state index is -0.366. The molecule has 0 spiro atoms. The molecule has 1 aromatic heterocycles. The van der Waals surface area contributed by atoms with E-state index in [1.807, 2.05) is 66.7 Å². The minimum absolute atomic E-state index is 0.114. The maximum absolute atomic E-state index is 13.6. The normalized spacial score (nSPS) is 18.7. The molecule has 1 aliphatic heterocycles. The number of nitrogens with zero attached hydrogens (tertiary/aromatic N) is 2. The molecule has 2 heterocycles. The van der Waals surface area contributed by atoms with E-state index in [0.29, 0.717) is 13.0 Å². The molecule has 1 atom stereocenters. The third kappa shape index (κ3) is 4.83. The second-order valence-corrected chi connectivity index (χ2v) is 10.1. The van der Waals surface area contributed by atoms with Gasteiger partial charge < -0.3 is 15.5 Å². The Morgan fingerprint density at radius 1 is 1.06 bits per heavy atom. The van der Waals surface area contributed by atoms with E-state index < -0.39 is 0 Å². The van der Waals surface area contributed by atoms with Crippen LogP contribution in [-0.4, -0.2) is 23.2 Å². The largest absolute Gasteiger partial charge is 0.357 e. The smallest absolute Gasteiger partial charge is 0.239 e. The maximum Gasteiger partial charge on any atom is 0.239 e. The van der Waals surface area contributed by atoms with Crippen molar-refractivity contribution in [2.45, 2.75) is 39.3 Å². The number of allylic oxidation sites excluding steroid dienone is 1. The van der Waals surface area contributed by atoms with Gasteiger partial charge in [-0.3, -0.25) is 14.6 Å². The van der Waals surface area contributed by atoms with Crippen LogP contribution in [0, 0.1) is 5.41 Å². The third-order valence-electron chi connectivity index (χ3n) is 6.65. The molecule has 2 N–H and O–H groups in total. The molecule has 3 aromatic rings. The summed E-state index contributed by atoms with van der Waals surface area (Å²) >= 11 is 0. The Kier molecular flexibility index (Phi) is 6.12. The molecular formula is C29H30N4O2. The fourth-order valence-corrected chi connectivity index (χ4v) is 5.12. The van der Waals surface area contributed by atoms with Gasteiger partial charge in [-0.1, -0.05) is 62.4 Å². The fraction of sp³-hybridized carbons (Fsp3) is 0.276. The molecule has 0 saturated heterocycles. The van der Waals surface area contributed by atoms with Crippen LogP contribution in [0.15, 0.2) is 90.4 Å². The molecule has 0 fully saturated rings. The fourth-order valence-electron chi connectivity index (χ4n) is 5.12. The van der Waals surface area contributed by atoms with Crippen molar-refractivity contribution in [1.29, 1.82) is 0 Å². The number of Topliss-reactive ketones (excluding diaryl/α,β-unsaturated/α-hetero) is 1. The van der Waals surface area contributed by atoms with E-state index in [0.717, 1.165) is 40.2 Å². The number of rotatable bonds is 5. The van der Waals surface area contributed by atoms with Crippen molar-refractivity contribution in [3.8, 4) is 0 Å². The van der Waals surface area contributed by atoms with Gasteiger partial charge in [0, 0.05) is 36.6 Å². The molecule has 0 radical (unpaired) electrons. The van der Waals surface area contributed by atoms with Crippen LogP contribution in [0.4, 0.5) is 11.4 Å². The zero-order chi connectivity index (χ0) is 24.4. The Balaban J connectivity index is 1.57. The molecule has 1 amide bonds. The van der Waals surface area contributed by atoms with Gasteiger partial charge in [-0.2, -0.15) is 0 Å². The highest BCUT2D eigenvalue weighted by Gasteiger charge is 2.41. The summed E-state index contributed by atoms with van der Waals surface area (Å²) in [6, 6.07) is 21.4. The molecule has 178 valence electrons. The van der Waals surface area contributed by atoms with Gasteiger partial charge in [0.25, 0.3) is 0 Å². The van der Waals surface area contributed by atoms with Gasteiger partial charge >= 0.3 is 0 Å². The highest BCUT2D eigenvalue weighted by Crippen LogP contribution is 2.48. The predicted molar refractivity (Wildman–Crippen MR) is 138 cm³/mol. The number of carbonyl (C=O) groups excluding carboxylic acids is 2. The van der Waals surface area contributed by atoms with Gasteiger partial charge in [-0.25, -0.2) is 0 Å². The summed E-state index contributed by atoms with van der Waals surface area (Å²) in [6.07, 6.45) is 4.71. The summed E-state index contributed by atoms with van der Waals surface area (Å²) < 4.78 is 0. The van der Waals surface area contributed by atoms with Crippen LogP contribution in [-0.2, 0) is 16.1 Å². The summed E-state index contributed by atoms with van der Waals surface area (Å²) in [7, 11) is 0. The van der Waals surface area contributed by atoms with Gasteiger partial charge in [-0.05, 0) is 41.2 Å². The Bertz CT molecular complexity index is 1270. The van der Waals surface area contributed by atoms with Crippen molar-refractivity contribution in [3.05, 3.63) is 102 Å². The molecule has 6 heteroatoms. The number of nitrogens with one attached hydrogen (secondary N) is 2. The zero-order valence-electron chi connectivity index (χ0n) is 20.1. The van der Waals surface area contributed by atoms with Gasteiger partial charge in [0.2, 0.25) is 5.91 Å². The lowest BCUT2D eigenvalue weighted by molar-refractivity contribution is -0.120. The van der Waals surface area contributed by atoms with Gasteiger partial charge in [-0.15, -0.1) is 0 Å². The second-order valence-electron chi connectivity index (χ2n) is 10.1. The van der Waals surface area contributed by atoms with Crippen molar-refractivity contribution >= 4 is 23.1 Å². The van der Waals surface area contributed by atoms with Crippen LogP contribution in [0.5, 0.6) is 0 Å². The van der Waals surface area contributed by atoms with E-state index in [1.165, 1.54) is 0 Å². The first-order valence-electron chi connectivity index (χ1n) is 12.0. The number of benzene rings is 2. The molecule has 0 bridgehead atoms. The van der Waals surface area contributed by atoms with Crippen molar-refractivity contribution in [2.24, 2.45) is 5.41 Å². The molecular weight excluding hydrogens is 436 g/mol. The van der Waals surface area contributed by atoms with E-state index in [2.05, 4.69) is 34.4 Å². The van der Waals surface area contributed by atoms with Crippen LogP contribution in [0.3, 0.4) is 0 Å². The Labute approximate surface area is 206 Å². The Hall–Kier alpha value is -3.93. The number of ketones is 1. The van der Waals surface area contributed by atoms with E-state index in [9.17, 15) is 9.59 Å². The Morgan fingerprint density at radius 2 is 1.83 bits per heavy atom. The van der Waals surface area contributed by atoms with Gasteiger partial charge in [0.1, 0.15) is 0 Å². The lowest BCUT2D eigenvalue weighted by atomic mass is 9.73. The number of hydrogen-bond acceptors (Lipinski definition) is 5. The van der Waals surface area contributed by atoms with Gasteiger partial charge in [0.15, 0.2) is 5.78 Å². The monoisotopic (exact) mass is 466 g/mol. The number of pyridine rings is 1. The molecule has 6 nitrogen and oxygen atoms in total. The first-order valence-corrected chi connectivity index (χ1v) is 12.0. The summed E-state index contributed by atoms with van der Waals surface area (Å²) in [4.78, 5) is 33.1. The highest BCUT2D eigenvalue weighted by molar-refractivity contribution is 6.01. The molecule has 5 rings (SSSR count). The van der Waals surface area contributed by atoms with Crippen molar-refractivity contribution in [3.63, 3.8) is 0 Å². The average molecular weight is 467 g/mol. The Morgan fingerprint density at radius 3 is 2.60 bits per heavy atom. The van der Waals surface area contributed by atoms with Crippen LogP contribution in [0.1, 0.15) is 43.9 Å². The van der Waals surface area contributed by atoms with Crippen LogP contribution in [0.2, 0.25) is 0 Å². The van der Waals surface area contributed by atoms with E-state index in [1.54, 1.807) is 12.4 Å². The topological polar surface area (TPSA) is 74.3 Å². The zero-order valence-corrected chi connectivity index (χ0v) is 20.1. The van der Waals surface area contributed by atoms with Crippen LogP contribution < -0.4 is 15.5 Å².